The smallest absolute Gasteiger partial charge is 0.150 e. The Morgan fingerprint density at radius 1 is 1.25 bits per heavy atom. The first-order valence-electron chi connectivity index (χ1n) is 6.49. The monoisotopic (exact) mass is 222 g/mol. The first-order valence-corrected chi connectivity index (χ1v) is 6.49. The fourth-order valence-electron chi connectivity index (χ4n) is 2.30. The minimum atomic E-state index is 0.870. The van der Waals surface area contributed by atoms with Crippen LogP contribution < -0.4 is 5.32 Å². The van der Waals surface area contributed by atoms with Crippen LogP contribution in [-0.4, -0.2) is 28.3 Å². The molecule has 1 aliphatic heterocycles. The molecule has 90 valence electrons. The van der Waals surface area contributed by atoms with Gasteiger partial charge in [0.25, 0.3) is 0 Å². The van der Waals surface area contributed by atoms with Gasteiger partial charge in [0.15, 0.2) is 5.82 Å². The van der Waals surface area contributed by atoms with Crippen molar-refractivity contribution in [1.29, 1.82) is 0 Å². The Bertz CT molecular complexity index is 302. The Morgan fingerprint density at radius 2 is 2.06 bits per heavy atom. The van der Waals surface area contributed by atoms with Crippen molar-refractivity contribution in [3.63, 3.8) is 0 Å². The third-order valence-corrected chi connectivity index (χ3v) is 3.30. The molecule has 2 N–H and O–H groups in total. The van der Waals surface area contributed by atoms with Gasteiger partial charge in [-0.05, 0) is 44.7 Å². The molecule has 0 amide bonds. The highest BCUT2D eigenvalue weighted by Crippen LogP contribution is 2.17. The maximum Gasteiger partial charge on any atom is 0.150 e. The van der Waals surface area contributed by atoms with E-state index in [-0.39, 0.29) is 0 Å². The second kappa shape index (κ2) is 5.99. The molecule has 0 radical (unpaired) electrons. The normalized spacial score (nSPS) is 17.8. The molecule has 2 heterocycles. The molecule has 1 aliphatic rings. The molecule has 1 fully saturated rings. The van der Waals surface area contributed by atoms with Crippen molar-refractivity contribution in [3.05, 3.63) is 11.6 Å². The minimum Gasteiger partial charge on any atom is -0.317 e. The molecule has 1 saturated heterocycles. The number of hydrogen-bond acceptors (Lipinski definition) is 3. The number of aromatic nitrogens is 3. The summed E-state index contributed by atoms with van der Waals surface area (Å²) in [5, 5.41) is 10.7. The van der Waals surface area contributed by atoms with E-state index in [0.29, 0.717) is 0 Å². The van der Waals surface area contributed by atoms with Crippen molar-refractivity contribution in [2.45, 2.75) is 45.4 Å². The molecule has 16 heavy (non-hydrogen) atoms. The second-order valence-corrected chi connectivity index (χ2v) is 4.68. The van der Waals surface area contributed by atoms with Gasteiger partial charge in [-0.2, -0.15) is 5.10 Å². The van der Waals surface area contributed by atoms with Gasteiger partial charge in [-0.1, -0.05) is 6.92 Å². The summed E-state index contributed by atoms with van der Waals surface area (Å²) >= 11 is 0. The highest BCUT2D eigenvalue weighted by molar-refractivity contribution is 4.91. The first kappa shape index (κ1) is 11.6. The van der Waals surface area contributed by atoms with Crippen molar-refractivity contribution in [3.8, 4) is 0 Å². The summed E-state index contributed by atoms with van der Waals surface area (Å²) in [5.74, 6) is 2.92. The Hall–Kier alpha value is -0.900. The first-order chi connectivity index (χ1) is 7.88. The number of rotatable bonds is 5. The molecule has 0 saturated carbocycles. The average Bonchev–Trinajstić information content (AvgIpc) is 2.76. The highest BCUT2D eigenvalue weighted by Gasteiger charge is 2.13. The molecular formula is C12H22N4. The van der Waals surface area contributed by atoms with E-state index in [0.717, 1.165) is 36.8 Å². The molecular weight excluding hydrogens is 200 g/mol. The van der Waals surface area contributed by atoms with Crippen LogP contribution in [0, 0.1) is 5.92 Å². The fraction of sp³-hybridized carbons (Fsp3) is 0.833. The zero-order valence-corrected chi connectivity index (χ0v) is 10.1. The number of H-pyrrole nitrogens is 1. The lowest BCUT2D eigenvalue weighted by Crippen LogP contribution is -2.27. The SMILES string of the molecule is CCCc1nc(CCC2CCNCC2)n[nH]1. The van der Waals surface area contributed by atoms with Gasteiger partial charge in [0.2, 0.25) is 0 Å². The van der Waals surface area contributed by atoms with Crippen LogP contribution in [0.2, 0.25) is 0 Å². The maximum atomic E-state index is 4.50. The van der Waals surface area contributed by atoms with Gasteiger partial charge >= 0.3 is 0 Å². The molecule has 0 aliphatic carbocycles. The van der Waals surface area contributed by atoms with Gasteiger partial charge in [-0.3, -0.25) is 5.10 Å². The molecule has 0 aromatic carbocycles. The summed E-state index contributed by atoms with van der Waals surface area (Å²) in [6, 6.07) is 0. The van der Waals surface area contributed by atoms with Crippen LogP contribution in [-0.2, 0) is 12.8 Å². The third-order valence-electron chi connectivity index (χ3n) is 3.30. The summed E-state index contributed by atoms with van der Waals surface area (Å²) in [5.41, 5.74) is 0. The predicted octanol–water partition coefficient (Wildman–Crippen LogP) is 1.69. The van der Waals surface area contributed by atoms with Crippen LogP contribution in [0.1, 0.15) is 44.3 Å². The van der Waals surface area contributed by atoms with E-state index in [1.807, 2.05) is 0 Å². The standard InChI is InChI=1S/C12H22N4/c1-2-3-11-14-12(16-15-11)5-4-10-6-8-13-9-7-10/h10,13H,2-9H2,1H3,(H,14,15,16). The Labute approximate surface area is 97.2 Å². The summed E-state index contributed by atoms with van der Waals surface area (Å²) in [6.45, 7) is 4.52. The minimum absolute atomic E-state index is 0.870. The van der Waals surface area contributed by atoms with Crippen molar-refractivity contribution in [2.24, 2.45) is 5.92 Å². The molecule has 0 spiro atoms. The van der Waals surface area contributed by atoms with Gasteiger partial charge in [0.1, 0.15) is 5.82 Å². The quantitative estimate of drug-likeness (QED) is 0.797. The molecule has 1 aromatic heterocycles. The van der Waals surface area contributed by atoms with E-state index >= 15 is 0 Å². The van der Waals surface area contributed by atoms with E-state index in [2.05, 4.69) is 27.4 Å². The van der Waals surface area contributed by atoms with Crippen molar-refractivity contribution < 1.29 is 0 Å². The van der Waals surface area contributed by atoms with Gasteiger partial charge < -0.3 is 5.32 Å². The maximum absolute atomic E-state index is 4.50. The number of nitrogens with zero attached hydrogens (tertiary/aromatic N) is 2. The lowest BCUT2D eigenvalue weighted by Gasteiger charge is -2.21. The molecule has 4 nitrogen and oxygen atoms in total. The number of nitrogens with one attached hydrogen (secondary N) is 2. The summed E-state index contributed by atoms with van der Waals surface area (Å²) < 4.78 is 0. The third kappa shape index (κ3) is 3.30. The number of aryl methyl sites for hydroxylation is 2. The van der Waals surface area contributed by atoms with Crippen LogP contribution in [0.4, 0.5) is 0 Å². The lowest BCUT2D eigenvalue weighted by molar-refractivity contribution is 0.352. The summed E-state index contributed by atoms with van der Waals surface area (Å²) in [6.07, 6.45) is 7.04. The molecule has 0 unspecified atom stereocenters. The molecule has 0 bridgehead atoms. The van der Waals surface area contributed by atoms with Crippen LogP contribution in [0.3, 0.4) is 0 Å². The zero-order chi connectivity index (χ0) is 11.2. The summed E-state index contributed by atoms with van der Waals surface area (Å²) in [7, 11) is 0. The van der Waals surface area contributed by atoms with Crippen LogP contribution in [0.25, 0.3) is 0 Å². The highest BCUT2D eigenvalue weighted by atomic mass is 15.2. The van der Waals surface area contributed by atoms with Gasteiger partial charge in [-0.25, -0.2) is 4.98 Å². The van der Waals surface area contributed by atoms with Crippen molar-refractivity contribution in [1.82, 2.24) is 20.5 Å². The zero-order valence-electron chi connectivity index (χ0n) is 10.1. The topological polar surface area (TPSA) is 53.6 Å². The Balaban J connectivity index is 1.75. The van der Waals surface area contributed by atoms with Crippen LogP contribution in [0.5, 0.6) is 0 Å². The van der Waals surface area contributed by atoms with E-state index in [9.17, 15) is 0 Å². The molecule has 0 atom stereocenters. The predicted molar refractivity (Wildman–Crippen MR) is 64.3 cm³/mol. The largest absolute Gasteiger partial charge is 0.317 e. The number of hydrogen-bond donors (Lipinski definition) is 2. The fourth-order valence-corrected chi connectivity index (χ4v) is 2.30. The van der Waals surface area contributed by atoms with E-state index in [1.165, 1.54) is 32.4 Å². The summed E-state index contributed by atoms with van der Waals surface area (Å²) in [4.78, 5) is 4.50. The Morgan fingerprint density at radius 3 is 2.81 bits per heavy atom. The average molecular weight is 222 g/mol. The lowest BCUT2D eigenvalue weighted by atomic mass is 9.93. The molecule has 1 aromatic rings. The van der Waals surface area contributed by atoms with Gasteiger partial charge in [0.05, 0.1) is 0 Å². The van der Waals surface area contributed by atoms with Crippen molar-refractivity contribution in [2.75, 3.05) is 13.1 Å². The van der Waals surface area contributed by atoms with E-state index in [4.69, 9.17) is 0 Å². The number of aromatic amines is 1. The second-order valence-electron chi connectivity index (χ2n) is 4.68. The van der Waals surface area contributed by atoms with Gasteiger partial charge in [-0.15, -0.1) is 0 Å². The molecule has 4 heteroatoms. The number of piperidine rings is 1. The van der Waals surface area contributed by atoms with Gasteiger partial charge in [0, 0.05) is 12.8 Å². The van der Waals surface area contributed by atoms with E-state index < -0.39 is 0 Å². The van der Waals surface area contributed by atoms with Crippen LogP contribution in [0.15, 0.2) is 0 Å². The van der Waals surface area contributed by atoms with E-state index in [1.54, 1.807) is 0 Å². The van der Waals surface area contributed by atoms with Crippen LogP contribution >= 0.6 is 0 Å². The van der Waals surface area contributed by atoms with Crippen molar-refractivity contribution >= 4 is 0 Å². The Kier molecular flexibility index (Phi) is 4.34. The molecule has 2 rings (SSSR count).